The number of nitrogens with zero attached hydrogens (tertiary/aromatic N) is 4. The van der Waals surface area contributed by atoms with E-state index in [4.69, 9.17) is 0 Å². The molecule has 1 aromatic heterocycles. The van der Waals surface area contributed by atoms with Gasteiger partial charge in [0.1, 0.15) is 25.9 Å². The Morgan fingerprint density at radius 2 is 1.47 bits per heavy atom. The van der Waals surface area contributed by atoms with E-state index in [1.54, 1.807) is 0 Å². The van der Waals surface area contributed by atoms with Crippen LogP contribution in [0.25, 0.3) is 5.69 Å². The van der Waals surface area contributed by atoms with E-state index in [0.717, 1.165) is 28.9 Å². The SMILES string of the molecule is Cc1cc(S(=O)(=O)[O-])ccc1-n1nc(C)c(N=Nc2cc(S(=O)(=O)[O-])ccc2C(=O)[O-])c1[O-].[Cr+3].[Na+].[OH-]. The van der Waals surface area contributed by atoms with Crippen LogP contribution in [0.15, 0.2) is 56.4 Å². The molecule has 1 radical (unpaired) electrons. The van der Waals surface area contributed by atoms with Gasteiger partial charge in [-0.1, -0.05) is 0 Å². The van der Waals surface area contributed by atoms with Crippen LogP contribution < -0.4 is 39.8 Å². The third kappa shape index (κ3) is 7.20. The first-order valence-electron chi connectivity index (χ1n) is 8.76. The van der Waals surface area contributed by atoms with Gasteiger partial charge in [0.05, 0.1) is 32.8 Å². The Labute approximate surface area is 237 Å². The molecule has 0 unspecified atom stereocenters. The molecule has 14 nitrogen and oxygen atoms in total. The number of carbonyl (C=O) groups is 1. The number of benzene rings is 2. The number of rotatable bonds is 6. The molecule has 0 bridgehead atoms. The minimum absolute atomic E-state index is 0. The normalized spacial score (nSPS) is 11.3. The van der Waals surface area contributed by atoms with Crippen LogP contribution in [0.1, 0.15) is 21.6 Å². The van der Waals surface area contributed by atoms with Gasteiger partial charge in [0, 0.05) is 11.4 Å². The maximum Gasteiger partial charge on any atom is 3.00 e. The summed E-state index contributed by atoms with van der Waals surface area (Å²) in [5.41, 5.74) is -1.02. The zero-order valence-corrected chi connectivity index (χ0v) is 23.5. The first-order valence-corrected chi connectivity index (χ1v) is 11.6. The Kier molecular flexibility index (Phi) is 11.6. The Morgan fingerprint density at radius 3 is 1.97 bits per heavy atom. The fraction of sp³-hybridized carbons (Fsp3) is 0.111. The van der Waals surface area contributed by atoms with Crippen LogP contribution >= 0.6 is 0 Å². The number of hydrogen-bond donors (Lipinski definition) is 0. The Hall–Kier alpha value is -2.17. The van der Waals surface area contributed by atoms with Crippen molar-refractivity contribution >= 4 is 37.6 Å². The molecule has 0 aliphatic rings. The van der Waals surface area contributed by atoms with Gasteiger partial charge in [-0.3, -0.25) is 0 Å². The molecule has 0 spiro atoms. The van der Waals surface area contributed by atoms with Crippen LogP contribution in [-0.4, -0.2) is 47.2 Å². The summed E-state index contributed by atoms with van der Waals surface area (Å²) in [5, 5.41) is 35.3. The van der Waals surface area contributed by atoms with Crippen LogP contribution in [-0.2, 0) is 37.6 Å². The Bertz CT molecular complexity index is 1540. The van der Waals surface area contributed by atoms with Crippen molar-refractivity contribution in [3.8, 4) is 11.6 Å². The first kappa shape index (κ1) is 33.8. The molecule has 0 fully saturated rings. The minimum atomic E-state index is -4.93. The van der Waals surface area contributed by atoms with Crippen molar-refractivity contribution in [2.24, 2.45) is 10.2 Å². The van der Waals surface area contributed by atoms with E-state index in [1.807, 2.05) is 0 Å². The molecule has 185 valence electrons. The molecule has 0 saturated heterocycles. The van der Waals surface area contributed by atoms with E-state index in [2.05, 4.69) is 15.3 Å². The molecular weight excluding hydrogens is 571 g/mol. The summed E-state index contributed by atoms with van der Waals surface area (Å²) in [4.78, 5) is 10.0. The van der Waals surface area contributed by atoms with E-state index in [1.165, 1.54) is 19.9 Å². The van der Waals surface area contributed by atoms with Crippen molar-refractivity contribution in [3.63, 3.8) is 0 Å². The summed E-state index contributed by atoms with van der Waals surface area (Å²) in [6, 6.07) is 5.51. The fourth-order valence-corrected chi connectivity index (χ4v) is 3.87. The number of carbonyl (C=O) groups excluding carboxylic acids is 1. The van der Waals surface area contributed by atoms with Gasteiger partial charge in [0.2, 0.25) is 0 Å². The summed E-state index contributed by atoms with van der Waals surface area (Å²) in [5.74, 6) is -2.54. The predicted molar refractivity (Wildman–Crippen MR) is 105 cm³/mol. The Balaban J connectivity index is 0.00000408. The zero-order valence-electron chi connectivity index (χ0n) is 18.6. The molecule has 0 atom stereocenters. The number of aromatic carboxylic acids is 1. The maximum atomic E-state index is 12.8. The zero-order chi connectivity index (χ0) is 24.7. The van der Waals surface area contributed by atoms with Gasteiger partial charge in [-0.05, 0) is 55.8 Å². The van der Waals surface area contributed by atoms with Gasteiger partial charge < -0.3 is 29.6 Å². The van der Waals surface area contributed by atoms with Crippen LogP contribution in [0, 0.1) is 13.8 Å². The fourth-order valence-electron chi connectivity index (χ4n) is 2.82. The number of carboxylic acids is 1. The second-order valence-electron chi connectivity index (χ2n) is 6.67. The van der Waals surface area contributed by atoms with E-state index >= 15 is 0 Å². The number of aryl methyl sites for hydroxylation is 2. The maximum absolute atomic E-state index is 12.8. The Morgan fingerprint density at radius 1 is 0.944 bits per heavy atom. The molecule has 0 amide bonds. The third-order valence-electron chi connectivity index (χ3n) is 4.41. The molecule has 3 aromatic rings. The second kappa shape index (κ2) is 12.4. The number of hydrogen-bond acceptors (Lipinski definition) is 13. The van der Waals surface area contributed by atoms with Gasteiger partial charge in [-0.15, -0.1) is 10.2 Å². The summed E-state index contributed by atoms with van der Waals surface area (Å²) in [6.07, 6.45) is 0. The smallest absolute Gasteiger partial charge is 0.870 e. The van der Waals surface area contributed by atoms with Gasteiger partial charge in [0.15, 0.2) is 0 Å². The summed E-state index contributed by atoms with van der Waals surface area (Å²) >= 11 is 0. The molecule has 0 aliphatic carbocycles. The number of aromatic nitrogens is 2. The molecule has 36 heavy (non-hydrogen) atoms. The van der Waals surface area contributed by atoms with Crippen molar-refractivity contribution in [3.05, 3.63) is 53.2 Å². The minimum Gasteiger partial charge on any atom is -0.870 e. The molecule has 0 aliphatic heterocycles. The van der Waals surface area contributed by atoms with Gasteiger partial charge >= 0.3 is 46.9 Å². The van der Waals surface area contributed by atoms with E-state index < -0.39 is 53.1 Å². The van der Waals surface area contributed by atoms with Gasteiger partial charge in [-0.2, -0.15) is 5.10 Å². The third-order valence-corrected chi connectivity index (χ3v) is 6.07. The van der Waals surface area contributed by atoms with E-state index in [9.17, 15) is 40.9 Å². The summed E-state index contributed by atoms with van der Waals surface area (Å²) in [6.45, 7) is 2.83. The van der Waals surface area contributed by atoms with Crippen LogP contribution in [0.3, 0.4) is 0 Å². The average molecular weight is 584 g/mol. The van der Waals surface area contributed by atoms with Gasteiger partial charge in [0.25, 0.3) is 0 Å². The number of azo groups is 1. The van der Waals surface area contributed by atoms with Crippen LogP contribution in [0.2, 0.25) is 0 Å². The largest absolute Gasteiger partial charge is 3.00 e. The molecule has 18 heteroatoms. The standard InChI is InChI=1S/C18H16N4O9S2.Cr.Na.H2O/c1-9-7-11(32(26,27)28)4-6-15(9)22-17(23)16(10(2)21-22)20-19-14-8-12(33(29,30)31)3-5-13(14)18(24)25;;;/h3-8,23H,1-2H3,(H,24,25)(H,26,27,28)(H,29,30,31);;;1H2/q;+3;+1;/p-5. The quantitative estimate of drug-likeness (QED) is 0.160. The number of carboxylic acid groups (broad SMARTS) is 1. The van der Waals surface area contributed by atoms with Crippen LogP contribution in [0.5, 0.6) is 5.88 Å². The average Bonchev–Trinajstić information content (AvgIpc) is 2.98. The van der Waals surface area contributed by atoms with Crippen molar-refractivity contribution in [2.75, 3.05) is 0 Å². The predicted octanol–water partition coefficient (Wildman–Crippen LogP) is -3.03. The molecule has 1 heterocycles. The molecule has 1 N–H and O–H groups in total. The monoisotopic (exact) mass is 584 g/mol. The van der Waals surface area contributed by atoms with Gasteiger partial charge in [-0.25, -0.2) is 21.5 Å². The van der Waals surface area contributed by atoms with E-state index in [0.29, 0.717) is 6.07 Å². The van der Waals surface area contributed by atoms with Crippen molar-refractivity contribution in [1.82, 2.24) is 9.78 Å². The summed E-state index contributed by atoms with van der Waals surface area (Å²) < 4.78 is 68.0. The van der Waals surface area contributed by atoms with E-state index in [-0.39, 0.29) is 75.0 Å². The van der Waals surface area contributed by atoms with Crippen molar-refractivity contribution in [2.45, 2.75) is 23.6 Å². The molecular formula is C18H13CrN4NaO10S2-. The van der Waals surface area contributed by atoms with Crippen LogP contribution in [0.4, 0.5) is 11.4 Å². The first-order chi connectivity index (χ1) is 15.2. The van der Waals surface area contributed by atoms with Crippen molar-refractivity contribution in [1.29, 1.82) is 0 Å². The topological polar surface area (TPSA) is 250 Å². The van der Waals surface area contributed by atoms with Crippen molar-refractivity contribution < 1.29 is 93.3 Å². The molecule has 0 saturated carbocycles. The summed E-state index contributed by atoms with van der Waals surface area (Å²) in [7, 11) is -9.64. The molecule has 3 rings (SSSR count). The second-order valence-corrected chi connectivity index (χ2v) is 9.43. The molecule has 2 aromatic carbocycles.